The summed E-state index contributed by atoms with van der Waals surface area (Å²) < 4.78 is 2.24. The predicted octanol–water partition coefficient (Wildman–Crippen LogP) is 6.22. The van der Waals surface area contributed by atoms with E-state index in [4.69, 9.17) is 4.98 Å². The lowest BCUT2D eigenvalue weighted by Crippen LogP contribution is -2.22. The van der Waals surface area contributed by atoms with Crippen LogP contribution in [0.4, 0.5) is 0 Å². The zero-order valence-corrected chi connectivity index (χ0v) is 22.1. The highest BCUT2D eigenvalue weighted by Crippen LogP contribution is 2.29. The van der Waals surface area contributed by atoms with Gasteiger partial charge in [0, 0.05) is 30.6 Å². The van der Waals surface area contributed by atoms with E-state index in [0.717, 1.165) is 52.8 Å². The van der Waals surface area contributed by atoms with E-state index in [9.17, 15) is 4.79 Å². The molecule has 6 nitrogen and oxygen atoms in total. The van der Waals surface area contributed by atoms with Crippen molar-refractivity contribution < 1.29 is 4.79 Å². The Hall–Kier alpha value is -3.71. The molecule has 1 amide bonds. The van der Waals surface area contributed by atoms with Gasteiger partial charge in [-0.25, -0.2) is 4.98 Å². The number of hydrogen-bond donors (Lipinski definition) is 1. The highest BCUT2D eigenvalue weighted by Gasteiger charge is 2.16. The summed E-state index contributed by atoms with van der Waals surface area (Å²) in [5.74, 6) is 0.931. The Kier molecular flexibility index (Phi) is 7.80. The summed E-state index contributed by atoms with van der Waals surface area (Å²) in [7, 11) is 0. The first kappa shape index (κ1) is 25.0. The van der Waals surface area contributed by atoms with Crippen LogP contribution in [-0.4, -0.2) is 31.4 Å². The van der Waals surface area contributed by atoms with Gasteiger partial charge in [0.25, 0.3) is 0 Å². The number of nitrogens with one attached hydrogen (secondary N) is 1. The maximum atomic E-state index is 12.2. The van der Waals surface area contributed by atoms with Gasteiger partial charge in [-0.2, -0.15) is 0 Å². The molecule has 3 aromatic carbocycles. The number of carbonyl (C=O) groups excluding carboxylic acids is 1. The molecule has 0 aliphatic carbocycles. The van der Waals surface area contributed by atoms with Crippen LogP contribution in [0.3, 0.4) is 0 Å². The Morgan fingerprint density at radius 3 is 2.49 bits per heavy atom. The van der Waals surface area contributed by atoms with Crippen molar-refractivity contribution in [3.05, 3.63) is 95.1 Å². The molecule has 0 unspecified atom stereocenters. The number of carbonyl (C=O) groups is 1. The third kappa shape index (κ3) is 6.17. The quantitative estimate of drug-likeness (QED) is 0.179. The monoisotopic (exact) mass is 509 g/mol. The van der Waals surface area contributed by atoms with Crippen molar-refractivity contribution >= 4 is 39.7 Å². The second-order valence-electron chi connectivity index (χ2n) is 9.43. The summed E-state index contributed by atoms with van der Waals surface area (Å²) >= 11 is 1.60. The summed E-state index contributed by atoms with van der Waals surface area (Å²) in [6.07, 6.45) is 2.27. The molecule has 0 radical (unpaired) electrons. The van der Waals surface area contributed by atoms with Crippen molar-refractivity contribution in [2.24, 2.45) is 0 Å². The standard InChI is InChI=1S/C30H31N5OS/c1-21-11-14-24(15-12-21)20-35-26-16-13-22(2)18-25(26)28-29(35)32-30(34-33-28)37-17-7-6-10-27(36)31-19-23-8-4-3-5-9-23/h3-5,8-9,11-16,18H,6-7,10,17,19-20H2,1-2H3,(H,31,36). The van der Waals surface area contributed by atoms with Gasteiger partial charge in [-0.05, 0) is 49.9 Å². The van der Waals surface area contributed by atoms with Crippen molar-refractivity contribution in [2.75, 3.05) is 5.75 Å². The van der Waals surface area contributed by atoms with Gasteiger partial charge in [-0.3, -0.25) is 4.79 Å². The van der Waals surface area contributed by atoms with Crippen molar-refractivity contribution in [2.45, 2.75) is 51.4 Å². The van der Waals surface area contributed by atoms with E-state index >= 15 is 0 Å². The highest BCUT2D eigenvalue weighted by atomic mass is 32.2. The van der Waals surface area contributed by atoms with Crippen LogP contribution in [0.25, 0.3) is 22.1 Å². The number of aromatic nitrogens is 4. The number of nitrogens with zero attached hydrogens (tertiary/aromatic N) is 4. The molecule has 2 heterocycles. The van der Waals surface area contributed by atoms with Crippen LogP contribution in [0, 0.1) is 13.8 Å². The van der Waals surface area contributed by atoms with Gasteiger partial charge in [0.1, 0.15) is 5.52 Å². The van der Waals surface area contributed by atoms with E-state index in [1.165, 1.54) is 16.7 Å². The zero-order chi connectivity index (χ0) is 25.6. The van der Waals surface area contributed by atoms with Crippen LogP contribution in [0.2, 0.25) is 0 Å². The Labute approximate surface area is 221 Å². The van der Waals surface area contributed by atoms with Gasteiger partial charge in [0.2, 0.25) is 11.1 Å². The van der Waals surface area contributed by atoms with Crippen LogP contribution in [0.15, 0.2) is 78.0 Å². The van der Waals surface area contributed by atoms with E-state index in [-0.39, 0.29) is 5.91 Å². The maximum absolute atomic E-state index is 12.2. The first-order valence-corrected chi connectivity index (χ1v) is 13.7. The Morgan fingerprint density at radius 2 is 1.68 bits per heavy atom. The SMILES string of the molecule is Cc1ccc(Cn2c3ccc(C)cc3c3nnc(SCCCCC(=O)NCc4ccccc4)nc32)cc1. The fraction of sp³-hybridized carbons (Fsp3) is 0.267. The molecule has 188 valence electrons. The molecule has 37 heavy (non-hydrogen) atoms. The van der Waals surface area contributed by atoms with E-state index < -0.39 is 0 Å². The molecule has 1 N–H and O–H groups in total. The average Bonchev–Trinajstić information content (AvgIpc) is 3.21. The van der Waals surface area contributed by atoms with Gasteiger partial charge in [-0.15, -0.1) is 10.2 Å². The molecular formula is C30H31N5OS. The molecule has 0 spiro atoms. The highest BCUT2D eigenvalue weighted by molar-refractivity contribution is 7.99. The minimum atomic E-state index is 0.0871. The normalized spacial score (nSPS) is 11.3. The molecule has 0 bridgehead atoms. The van der Waals surface area contributed by atoms with Crippen LogP contribution in [-0.2, 0) is 17.9 Å². The first-order valence-electron chi connectivity index (χ1n) is 12.7. The number of rotatable bonds is 10. The summed E-state index contributed by atoms with van der Waals surface area (Å²) in [5.41, 5.74) is 7.59. The van der Waals surface area contributed by atoms with Crippen LogP contribution in [0.1, 0.15) is 41.5 Å². The molecule has 0 aliphatic rings. The van der Waals surface area contributed by atoms with Gasteiger partial charge in [0.05, 0.1) is 5.52 Å². The number of aryl methyl sites for hydroxylation is 2. The number of thioether (sulfide) groups is 1. The minimum absolute atomic E-state index is 0.0871. The van der Waals surface area contributed by atoms with Gasteiger partial charge in [-0.1, -0.05) is 83.6 Å². The van der Waals surface area contributed by atoms with E-state index in [0.29, 0.717) is 18.1 Å². The zero-order valence-electron chi connectivity index (χ0n) is 21.3. The lowest BCUT2D eigenvalue weighted by molar-refractivity contribution is -0.121. The Balaban J connectivity index is 1.23. The molecule has 0 fully saturated rings. The number of unbranched alkanes of at least 4 members (excludes halogenated alkanes) is 1. The third-order valence-corrected chi connectivity index (χ3v) is 7.35. The van der Waals surface area contributed by atoms with Crippen molar-refractivity contribution in [1.82, 2.24) is 25.1 Å². The molecule has 5 aromatic rings. The Bertz CT molecular complexity index is 1510. The molecule has 0 atom stereocenters. The van der Waals surface area contributed by atoms with E-state index in [1.807, 2.05) is 30.3 Å². The van der Waals surface area contributed by atoms with Crippen LogP contribution >= 0.6 is 11.8 Å². The molecule has 0 aliphatic heterocycles. The van der Waals surface area contributed by atoms with Crippen molar-refractivity contribution in [3.63, 3.8) is 0 Å². The number of hydrogen-bond acceptors (Lipinski definition) is 5. The summed E-state index contributed by atoms with van der Waals surface area (Å²) in [5, 5.41) is 13.8. The van der Waals surface area contributed by atoms with Crippen molar-refractivity contribution in [1.29, 1.82) is 0 Å². The minimum Gasteiger partial charge on any atom is -0.352 e. The average molecular weight is 510 g/mol. The maximum Gasteiger partial charge on any atom is 0.220 e. The molecule has 2 aromatic heterocycles. The van der Waals surface area contributed by atoms with Crippen molar-refractivity contribution in [3.8, 4) is 0 Å². The van der Waals surface area contributed by atoms with Gasteiger partial charge in [0.15, 0.2) is 5.65 Å². The van der Waals surface area contributed by atoms with Crippen LogP contribution in [0.5, 0.6) is 0 Å². The van der Waals surface area contributed by atoms with Crippen LogP contribution < -0.4 is 5.32 Å². The number of fused-ring (bicyclic) bond motifs is 3. The largest absolute Gasteiger partial charge is 0.352 e. The first-order chi connectivity index (χ1) is 18.1. The topological polar surface area (TPSA) is 72.7 Å². The van der Waals surface area contributed by atoms with Gasteiger partial charge < -0.3 is 9.88 Å². The summed E-state index contributed by atoms with van der Waals surface area (Å²) in [6, 6.07) is 25.0. The molecule has 7 heteroatoms. The second kappa shape index (κ2) is 11.6. The lowest BCUT2D eigenvalue weighted by Gasteiger charge is -2.08. The number of benzene rings is 3. The third-order valence-electron chi connectivity index (χ3n) is 6.43. The predicted molar refractivity (Wildman–Crippen MR) is 151 cm³/mol. The lowest BCUT2D eigenvalue weighted by atomic mass is 10.1. The second-order valence-corrected chi connectivity index (χ2v) is 10.5. The summed E-state index contributed by atoms with van der Waals surface area (Å²) in [4.78, 5) is 17.1. The van der Waals surface area contributed by atoms with E-state index in [1.54, 1.807) is 11.8 Å². The fourth-order valence-electron chi connectivity index (χ4n) is 4.39. The number of amides is 1. The fourth-order valence-corrected chi connectivity index (χ4v) is 5.17. The smallest absolute Gasteiger partial charge is 0.220 e. The molecule has 0 saturated heterocycles. The van der Waals surface area contributed by atoms with Gasteiger partial charge >= 0.3 is 0 Å². The molecular weight excluding hydrogens is 478 g/mol. The molecule has 5 rings (SSSR count). The van der Waals surface area contributed by atoms with E-state index in [2.05, 4.69) is 76.4 Å². The Morgan fingerprint density at radius 1 is 0.892 bits per heavy atom. The summed E-state index contributed by atoms with van der Waals surface area (Å²) in [6.45, 7) is 5.49. The molecule has 0 saturated carbocycles.